The number of nitrogens with zero attached hydrogens (tertiary/aromatic N) is 3. The van der Waals surface area contributed by atoms with Gasteiger partial charge in [0.1, 0.15) is 5.52 Å². The van der Waals surface area contributed by atoms with Crippen LogP contribution in [0.3, 0.4) is 0 Å². The lowest BCUT2D eigenvalue weighted by atomic mass is 10.2. The largest absolute Gasteiger partial charge is 0.368 e. The minimum Gasteiger partial charge on any atom is -0.368 e. The fourth-order valence-corrected chi connectivity index (χ4v) is 2.14. The molecule has 1 unspecified atom stereocenters. The maximum absolute atomic E-state index is 5.64. The molecule has 0 aromatic carbocycles. The number of hydrogen-bond donors (Lipinski definition) is 3. The van der Waals surface area contributed by atoms with E-state index < -0.39 is 0 Å². The minimum absolute atomic E-state index is 0.240. The summed E-state index contributed by atoms with van der Waals surface area (Å²) in [6.07, 6.45) is 4.76. The van der Waals surface area contributed by atoms with Gasteiger partial charge in [0.2, 0.25) is 5.95 Å². The highest BCUT2D eigenvalue weighted by atomic mass is 32.2. The SMILES string of the molecule is CSCCC(C)Nc1nc(N)nc2nc[nH]c12. The summed E-state index contributed by atoms with van der Waals surface area (Å²) in [5, 5.41) is 3.33. The normalized spacial score (nSPS) is 12.8. The van der Waals surface area contributed by atoms with Gasteiger partial charge in [-0.25, -0.2) is 4.98 Å². The molecule has 92 valence electrons. The second-order valence-corrected chi connectivity index (χ2v) is 4.84. The number of nitrogens with two attached hydrogens (primary N) is 1. The van der Waals surface area contributed by atoms with Crippen molar-refractivity contribution in [2.45, 2.75) is 19.4 Å². The Hall–Kier alpha value is -1.50. The Morgan fingerprint density at radius 1 is 1.53 bits per heavy atom. The molecule has 0 bridgehead atoms. The lowest BCUT2D eigenvalue weighted by Crippen LogP contribution is -2.17. The van der Waals surface area contributed by atoms with Crippen molar-refractivity contribution in [2.24, 2.45) is 0 Å². The lowest BCUT2D eigenvalue weighted by molar-refractivity contribution is 0.768. The molecule has 0 aliphatic rings. The summed E-state index contributed by atoms with van der Waals surface area (Å²) in [5.74, 6) is 2.07. The second-order valence-electron chi connectivity index (χ2n) is 3.86. The number of H-pyrrole nitrogens is 1. The first-order valence-electron chi connectivity index (χ1n) is 5.42. The van der Waals surface area contributed by atoms with Gasteiger partial charge in [-0.2, -0.15) is 21.7 Å². The van der Waals surface area contributed by atoms with Gasteiger partial charge >= 0.3 is 0 Å². The van der Waals surface area contributed by atoms with Crippen LogP contribution in [0.15, 0.2) is 6.33 Å². The molecular weight excluding hydrogens is 236 g/mol. The Morgan fingerprint density at radius 2 is 2.35 bits per heavy atom. The lowest BCUT2D eigenvalue weighted by Gasteiger charge is -2.14. The molecule has 2 heterocycles. The van der Waals surface area contributed by atoms with Gasteiger partial charge < -0.3 is 16.0 Å². The summed E-state index contributed by atoms with van der Waals surface area (Å²) in [6, 6.07) is 0.336. The Morgan fingerprint density at radius 3 is 3.12 bits per heavy atom. The van der Waals surface area contributed by atoms with E-state index in [0.717, 1.165) is 23.5 Å². The number of imidazole rings is 1. The van der Waals surface area contributed by atoms with Gasteiger partial charge in [0.15, 0.2) is 11.5 Å². The molecule has 7 heteroatoms. The maximum Gasteiger partial charge on any atom is 0.224 e. The van der Waals surface area contributed by atoms with Crippen LogP contribution >= 0.6 is 11.8 Å². The molecular formula is C10H16N6S. The fourth-order valence-electron chi connectivity index (χ4n) is 1.55. The number of anilines is 2. The van der Waals surface area contributed by atoms with Crippen LogP contribution in [0.25, 0.3) is 11.2 Å². The van der Waals surface area contributed by atoms with Crippen molar-refractivity contribution >= 4 is 34.7 Å². The van der Waals surface area contributed by atoms with Gasteiger partial charge in [0.25, 0.3) is 0 Å². The molecule has 17 heavy (non-hydrogen) atoms. The van der Waals surface area contributed by atoms with E-state index in [1.807, 2.05) is 11.8 Å². The third-order valence-electron chi connectivity index (χ3n) is 2.44. The van der Waals surface area contributed by atoms with Gasteiger partial charge in [-0.1, -0.05) is 0 Å². The molecule has 0 saturated carbocycles. The number of fused-ring (bicyclic) bond motifs is 1. The van der Waals surface area contributed by atoms with E-state index in [9.17, 15) is 0 Å². The summed E-state index contributed by atoms with van der Waals surface area (Å²) < 4.78 is 0. The predicted octanol–water partition coefficient (Wildman–Crippen LogP) is 1.49. The molecule has 0 saturated heterocycles. The van der Waals surface area contributed by atoms with Crippen LogP contribution in [0.4, 0.5) is 11.8 Å². The average molecular weight is 252 g/mol. The quantitative estimate of drug-likeness (QED) is 0.746. The van der Waals surface area contributed by atoms with Gasteiger partial charge in [0.05, 0.1) is 6.33 Å². The predicted molar refractivity (Wildman–Crippen MR) is 72.2 cm³/mol. The molecule has 2 rings (SSSR count). The van der Waals surface area contributed by atoms with Crippen molar-refractivity contribution in [3.8, 4) is 0 Å². The van der Waals surface area contributed by atoms with Crippen LogP contribution in [0.5, 0.6) is 0 Å². The topological polar surface area (TPSA) is 92.5 Å². The highest BCUT2D eigenvalue weighted by molar-refractivity contribution is 7.98. The highest BCUT2D eigenvalue weighted by Crippen LogP contribution is 2.18. The standard InChI is InChI=1S/C10H16N6S/c1-6(3-4-17-2)14-9-7-8(13-5-12-7)15-10(11)16-9/h5-6H,3-4H2,1-2H3,(H4,11,12,13,14,15,16). The molecule has 0 radical (unpaired) electrons. The molecule has 0 fully saturated rings. The number of nitrogens with one attached hydrogen (secondary N) is 2. The van der Waals surface area contributed by atoms with Crippen LogP contribution in [0.1, 0.15) is 13.3 Å². The van der Waals surface area contributed by atoms with Crippen molar-refractivity contribution in [1.82, 2.24) is 19.9 Å². The Bertz CT molecular complexity index is 497. The Balaban J connectivity index is 2.19. The fraction of sp³-hybridized carbons (Fsp3) is 0.500. The van der Waals surface area contributed by atoms with Crippen molar-refractivity contribution in [1.29, 1.82) is 0 Å². The van der Waals surface area contributed by atoms with Crippen molar-refractivity contribution in [2.75, 3.05) is 23.1 Å². The van der Waals surface area contributed by atoms with Crippen molar-refractivity contribution in [3.05, 3.63) is 6.33 Å². The number of thioether (sulfide) groups is 1. The van der Waals surface area contributed by atoms with E-state index in [0.29, 0.717) is 11.7 Å². The monoisotopic (exact) mass is 252 g/mol. The molecule has 0 amide bonds. The van der Waals surface area contributed by atoms with Crippen LogP contribution in [0, 0.1) is 0 Å². The van der Waals surface area contributed by atoms with Crippen LogP contribution < -0.4 is 11.1 Å². The summed E-state index contributed by atoms with van der Waals surface area (Å²) in [6.45, 7) is 2.12. The van der Waals surface area contributed by atoms with Crippen LogP contribution in [-0.4, -0.2) is 38.0 Å². The van der Waals surface area contributed by atoms with E-state index in [1.165, 1.54) is 0 Å². The molecule has 2 aromatic rings. The van der Waals surface area contributed by atoms with E-state index in [1.54, 1.807) is 6.33 Å². The molecule has 2 aromatic heterocycles. The number of aromatic amines is 1. The number of hydrogen-bond acceptors (Lipinski definition) is 6. The van der Waals surface area contributed by atoms with Crippen molar-refractivity contribution in [3.63, 3.8) is 0 Å². The first-order chi connectivity index (χ1) is 8.20. The molecule has 0 spiro atoms. The number of nitrogen functional groups attached to an aromatic ring is 1. The third kappa shape index (κ3) is 2.79. The zero-order valence-electron chi connectivity index (χ0n) is 9.90. The highest BCUT2D eigenvalue weighted by Gasteiger charge is 2.10. The van der Waals surface area contributed by atoms with Gasteiger partial charge in [-0.3, -0.25) is 0 Å². The molecule has 0 aliphatic heterocycles. The first kappa shape index (κ1) is 12.0. The van der Waals surface area contributed by atoms with Gasteiger partial charge in [0, 0.05) is 6.04 Å². The summed E-state index contributed by atoms with van der Waals surface area (Å²) in [5.41, 5.74) is 7.04. The zero-order chi connectivity index (χ0) is 12.3. The van der Waals surface area contributed by atoms with Gasteiger partial charge in [-0.05, 0) is 25.4 Å². The summed E-state index contributed by atoms with van der Waals surface area (Å²) in [7, 11) is 0. The van der Waals surface area contributed by atoms with Crippen LogP contribution in [0.2, 0.25) is 0 Å². The number of rotatable bonds is 5. The third-order valence-corrected chi connectivity index (χ3v) is 3.08. The van der Waals surface area contributed by atoms with E-state index in [2.05, 4.69) is 38.4 Å². The van der Waals surface area contributed by atoms with E-state index in [4.69, 9.17) is 5.73 Å². The number of aromatic nitrogens is 4. The van der Waals surface area contributed by atoms with Crippen LogP contribution in [-0.2, 0) is 0 Å². The minimum atomic E-state index is 0.240. The molecule has 4 N–H and O–H groups in total. The zero-order valence-corrected chi connectivity index (χ0v) is 10.7. The van der Waals surface area contributed by atoms with E-state index in [-0.39, 0.29) is 5.95 Å². The summed E-state index contributed by atoms with van der Waals surface area (Å²) >= 11 is 1.83. The smallest absolute Gasteiger partial charge is 0.224 e. The van der Waals surface area contributed by atoms with Gasteiger partial charge in [-0.15, -0.1) is 0 Å². The Kier molecular flexibility index (Phi) is 3.68. The molecule has 0 aliphatic carbocycles. The summed E-state index contributed by atoms with van der Waals surface area (Å²) in [4.78, 5) is 15.3. The van der Waals surface area contributed by atoms with E-state index >= 15 is 0 Å². The first-order valence-corrected chi connectivity index (χ1v) is 6.82. The molecule has 6 nitrogen and oxygen atoms in total. The maximum atomic E-state index is 5.64. The second kappa shape index (κ2) is 5.22. The van der Waals surface area contributed by atoms with Crippen molar-refractivity contribution < 1.29 is 0 Å². The molecule has 1 atom stereocenters. The average Bonchev–Trinajstić information content (AvgIpc) is 2.74. The Labute approximate surface area is 104 Å².